The molecule has 1 rings (SSSR count). The highest BCUT2D eigenvalue weighted by molar-refractivity contribution is 7.86. The molecule has 6 nitrogen and oxygen atoms in total. The lowest BCUT2D eigenvalue weighted by Crippen LogP contribution is -2.16. The summed E-state index contributed by atoms with van der Waals surface area (Å²) in [7, 11) is -4.15. The van der Waals surface area contributed by atoms with Crippen LogP contribution in [0.3, 0.4) is 0 Å². The topological polar surface area (TPSA) is 82.6 Å². The molecule has 20 heavy (non-hydrogen) atoms. The van der Waals surface area contributed by atoms with Crippen molar-refractivity contribution < 1.29 is 35.3 Å². The number of halogens is 3. The van der Waals surface area contributed by atoms with Gasteiger partial charge in [0.1, 0.15) is 11.3 Å². The van der Waals surface area contributed by atoms with Crippen LogP contribution in [0.4, 0.5) is 13.2 Å². The molecule has 0 aliphatic carbocycles. The van der Waals surface area contributed by atoms with Crippen molar-refractivity contribution >= 4 is 16.1 Å². The molecule has 0 bridgehead atoms. The Morgan fingerprint density at radius 3 is 2.40 bits per heavy atom. The van der Waals surface area contributed by atoms with Gasteiger partial charge in [-0.2, -0.15) is 21.6 Å². The summed E-state index contributed by atoms with van der Waals surface area (Å²) in [5.74, 6) is -2.01. The summed E-state index contributed by atoms with van der Waals surface area (Å²) in [6, 6.07) is 1.27. The molecule has 0 radical (unpaired) electrons. The van der Waals surface area contributed by atoms with E-state index in [1.165, 1.54) is 6.92 Å². The van der Waals surface area contributed by atoms with Crippen LogP contribution in [-0.4, -0.2) is 32.2 Å². The van der Waals surface area contributed by atoms with Crippen LogP contribution in [0.2, 0.25) is 0 Å². The summed E-state index contributed by atoms with van der Waals surface area (Å²) in [4.78, 5) is 14.5. The maximum atomic E-state index is 12.5. The maximum Gasteiger partial charge on any atom is 0.433 e. The second-order valence-corrected chi connectivity index (χ2v) is 5.13. The molecule has 0 unspecified atom stereocenters. The highest BCUT2D eigenvalue weighted by atomic mass is 32.2. The van der Waals surface area contributed by atoms with Gasteiger partial charge in [-0.1, -0.05) is 0 Å². The number of carbonyl (C=O) groups is 1. The third-order valence-electron chi connectivity index (χ3n) is 1.88. The Morgan fingerprint density at radius 2 is 1.95 bits per heavy atom. The van der Waals surface area contributed by atoms with Gasteiger partial charge in [0.25, 0.3) is 0 Å². The third-order valence-corrected chi connectivity index (χ3v) is 2.34. The third kappa shape index (κ3) is 4.37. The van der Waals surface area contributed by atoms with Gasteiger partial charge in [-0.15, -0.1) is 0 Å². The smallest absolute Gasteiger partial charge is 0.433 e. The molecule has 1 heterocycles. The van der Waals surface area contributed by atoms with Crippen LogP contribution in [0.5, 0.6) is 5.88 Å². The van der Waals surface area contributed by atoms with Crippen LogP contribution in [0.25, 0.3) is 0 Å². The van der Waals surface area contributed by atoms with Gasteiger partial charge >= 0.3 is 22.3 Å². The second kappa shape index (κ2) is 5.65. The molecule has 0 atom stereocenters. The first kappa shape index (κ1) is 16.2. The van der Waals surface area contributed by atoms with Crippen molar-refractivity contribution in [2.45, 2.75) is 13.1 Å². The van der Waals surface area contributed by atoms with E-state index >= 15 is 0 Å². The molecule has 1 aromatic heterocycles. The molecule has 0 amide bonds. The van der Waals surface area contributed by atoms with Gasteiger partial charge in [0, 0.05) is 0 Å². The minimum atomic E-state index is -4.80. The fraction of sp³-hybridized carbons (Fsp3) is 0.400. The highest BCUT2D eigenvalue weighted by Crippen LogP contribution is 2.30. The lowest BCUT2D eigenvalue weighted by Gasteiger charge is -2.11. The molecule has 0 fully saturated rings. The van der Waals surface area contributed by atoms with E-state index in [1.807, 2.05) is 0 Å². The van der Waals surface area contributed by atoms with E-state index < -0.39 is 39.4 Å². The van der Waals surface area contributed by atoms with Crippen LogP contribution in [0, 0.1) is 0 Å². The number of pyridine rings is 1. The van der Waals surface area contributed by atoms with Gasteiger partial charge in [0.05, 0.1) is 12.9 Å². The van der Waals surface area contributed by atoms with Crippen LogP contribution >= 0.6 is 0 Å². The zero-order valence-electron chi connectivity index (χ0n) is 10.4. The Kier molecular flexibility index (Phi) is 4.58. The Morgan fingerprint density at radius 1 is 1.35 bits per heavy atom. The maximum absolute atomic E-state index is 12.5. The lowest BCUT2D eigenvalue weighted by atomic mass is 10.2. The number of ether oxygens (including phenoxy) is 1. The van der Waals surface area contributed by atoms with E-state index in [1.54, 1.807) is 0 Å². The lowest BCUT2D eigenvalue weighted by molar-refractivity contribution is -0.141. The number of rotatable bonds is 4. The van der Waals surface area contributed by atoms with E-state index in [2.05, 4.69) is 13.9 Å². The predicted octanol–water partition coefficient (Wildman–Crippen LogP) is 1.62. The average molecular weight is 313 g/mol. The number of carbonyl (C=O) groups excluding carboxylic acids is 1. The number of aromatic nitrogens is 1. The minimum absolute atomic E-state index is 0.0435. The number of alkyl halides is 3. The molecule has 0 N–H and O–H groups in total. The Hall–Kier alpha value is -1.84. The zero-order chi connectivity index (χ0) is 15.6. The SMILES string of the molecule is CCOC(=O)c1ccc(C(F)(F)F)nc1OS(C)(=O)=O. The highest BCUT2D eigenvalue weighted by Gasteiger charge is 2.34. The summed E-state index contributed by atoms with van der Waals surface area (Å²) >= 11 is 0. The predicted molar refractivity (Wildman–Crippen MR) is 60.7 cm³/mol. The van der Waals surface area contributed by atoms with Gasteiger partial charge < -0.3 is 8.92 Å². The van der Waals surface area contributed by atoms with Crippen molar-refractivity contribution in [2.75, 3.05) is 12.9 Å². The Bertz CT molecular complexity index is 612. The molecule has 0 spiro atoms. The zero-order valence-corrected chi connectivity index (χ0v) is 11.2. The average Bonchev–Trinajstić information content (AvgIpc) is 2.25. The van der Waals surface area contributed by atoms with E-state index in [9.17, 15) is 26.4 Å². The van der Waals surface area contributed by atoms with Crippen molar-refractivity contribution in [1.29, 1.82) is 0 Å². The Balaban J connectivity index is 3.34. The first-order valence-electron chi connectivity index (χ1n) is 5.19. The number of nitrogens with zero attached hydrogens (tertiary/aromatic N) is 1. The molecule has 1 aromatic rings. The van der Waals surface area contributed by atoms with Gasteiger partial charge in [0.2, 0.25) is 5.88 Å². The summed E-state index contributed by atoms with van der Waals surface area (Å²) < 4.78 is 68.4. The standard InChI is InChI=1S/C10H10F3NO5S/c1-3-18-9(15)6-4-5-7(10(11,12)13)14-8(6)19-20(2,16)17/h4-5H,3H2,1-2H3. The van der Waals surface area contributed by atoms with Crippen molar-refractivity contribution in [3.63, 3.8) is 0 Å². The Labute approximate surface area is 112 Å². The first-order chi connectivity index (χ1) is 9.04. The summed E-state index contributed by atoms with van der Waals surface area (Å²) in [5, 5.41) is 0. The normalized spacial score (nSPS) is 12.1. The van der Waals surface area contributed by atoms with Crippen molar-refractivity contribution in [3.8, 4) is 5.88 Å². The molecule has 0 saturated heterocycles. The largest absolute Gasteiger partial charge is 0.462 e. The summed E-state index contributed by atoms with van der Waals surface area (Å²) in [6.45, 7) is 1.44. The van der Waals surface area contributed by atoms with Crippen molar-refractivity contribution in [1.82, 2.24) is 4.98 Å². The van der Waals surface area contributed by atoms with Crippen LogP contribution < -0.4 is 4.18 Å². The molecule has 10 heteroatoms. The number of hydrogen-bond donors (Lipinski definition) is 0. The van der Waals surface area contributed by atoms with Crippen LogP contribution in [0.1, 0.15) is 23.0 Å². The fourth-order valence-corrected chi connectivity index (χ4v) is 1.58. The van der Waals surface area contributed by atoms with E-state index in [0.29, 0.717) is 12.3 Å². The van der Waals surface area contributed by atoms with Crippen molar-refractivity contribution in [2.24, 2.45) is 0 Å². The van der Waals surface area contributed by atoms with E-state index in [-0.39, 0.29) is 6.61 Å². The summed E-state index contributed by atoms with van der Waals surface area (Å²) in [5.41, 5.74) is -1.89. The molecule has 0 aliphatic heterocycles. The molecular formula is C10H10F3NO5S. The van der Waals surface area contributed by atoms with Gasteiger partial charge in [0.15, 0.2) is 0 Å². The van der Waals surface area contributed by atoms with Gasteiger partial charge in [-0.25, -0.2) is 9.78 Å². The fourth-order valence-electron chi connectivity index (χ4n) is 1.17. The molecule has 0 saturated carbocycles. The number of hydrogen-bond acceptors (Lipinski definition) is 6. The summed E-state index contributed by atoms with van der Waals surface area (Å²) in [6.07, 6.45) is -4.19. The minimum Gasteiger partial charge on any atom is -0.462 e. The molecule has 112 valence electrons. The molecular weight excluding hydrogens is 303 g/mol. The number of esters is 1. The van der Waals surface area contributed by atoms with Crippen LogP contribution in [-0.2, 0) is 21.0 Å². The van der Waals surface area contributed by atoms with Gasteiger partial charge in [-0.05, 0) is 19.1 Å². The molecule has 0 aromatic carbocycles. The van der Waals surface area contributed by atoms with Crippen LogP contribution in [0.15, 0.2) is 12.1 Å². The van der Waals surface area contributed by atoms with Crippen molar-refractivity contribution in [3.05, 3.63) is 23.4 Å². The van der Waals surface area contributed by atoms with E-state index in [4.69, 9.17) is 0 Å². The quantitative estimate of drug-likeness (QED) is 0.620. The van der Waals surface area contributed by atoms with Gasteiger partial charge in [-0.3, -0.25) is 0 Å². The second-order valence-electron chi connectivity index (χ2n) is 3.55. The molecule has 0 aliphatic rings. The first-order valence-corrected chi connectivity index (χ1v) is 7.01. The monoisotopic (exact) mass is 313 g/mol. The van der Waals surface area contributed by atoms with E-state index in [0.717, 1.165) is 6.07 Å².